The monoisotopic (exact) mass is 752 g/mol. The van der Waals surface area contributed by atoms with Crippen LogP contribution in [-0.4, -0.2) is 74.1 Å². The molecule has 0 saturated heterocycles. The number of anilines is 1. The van der Waals surface area contributed by atoms with E-state index in [1.54, 1.807) is 20.3 Å². The van der Waals surface area contributed by atoms with E-state index in [2.05, 4.69) is 43.6 Å². The number of aryl methyl sites for hydroxylation is 1. The highest BCUT2D eigenvalue weighted by molar-refractivity contribution is 7.92. The first-order chi connectivity index (χ1) is 25.0. The predicted molar refractivity (Wildman–Crippen MR) is 205 cm³/mol. The van der Waals surface area contributed by atoms with E-state index in [0.29, 0.717) is 49.2 Å². The van der Waals surface area contributed by atoms with E-state index in [9.17, 15) is 13.8 Å². The molecule has 3 aliphatic carbocycles. The Bertz CT molecular complexity index is 1820. The molecule has 0 unspecified atom stereocenters. The number of hydrogen-bond acceptors (Lipinski definition) is 7. The molecular weight excluding hydrogens is 700 g/mol. The molecule has 10 nitrogen and oxygen atoms in total. The summed E-state index contributed by atoms with van der Waals surface area (Å²) in [6, 6.07) is 11.1. The van der Waals surface area contributed by atoms with E-state index in [-0.39, 0.29) is 23.2 Å². The van der Waals surface area contributed by atoms with E-state index in [1.165, 1.54) is 11.1 Å². The number of hydrogen-bond donors (Lipinski definition) is 2. The number of benzene rings is 2. The molecule has 5 aliphatic rings. The standard InChI is InChI=1S/C40H53ClN4O6S/c1-27-7-4-9-35(50-3)32-13-10-30(32)23-45-25-39(16-5-8-28-21-31(41)12-14-33(28)39)26-51-36-15-11-29(22-34(36)45)37(46)43-52(48,24-27)44-38(47)42-40(17-6-18-40)19-20-49-2/h4,9,11-12,14-15,21-22,27,30,32,35H,5-8,10,13,16-20,23-26H2,1-3H3,(H2,42,43,44,46,47,48)/b9-4+/t27-,30-,32+,35-,39-,52-/m0/s1. The fourth-order valence-corrected chi connectivity index (χ4v) is 11.1. The van der Waals surface area contributed by atoms with Crippen molar-refractivity contribution in [1.29, 1.82) is 0 Å². The van der Waals surface area contributed by atoms with Crippen molar-refractivity contribution in [2.75, 3.05) is 51.2 Å². The number of carbonyl (C=O) groups is 2. The van der Waals surface area contributed by atoms with E-state index in [4.69, 9.17) is 25.8 Å². The summed E-state index contributed by atoms with van der Waals surface area (Å²) in [4.78, 5) is 29.9. The van der Waals surface area contributed by atoms with Gasteiger partial charge in [0.15, 0.2) is 0 Å². The number of halogens is 1. The van der Waals surface area contributed by atoms with Crippen LogP contribution in [0.25, 0.3) is 0 Å². The van der Waals surface area contributed by atoms with Gasteiger partial charge in [0, 0.05) is 55.5 Å². The lowest BCUT2D eigenvalue weighted by molar-refractivity contribution is 0.0131. The lowest BCUT2D eigenvalue weighted by atomic mass is 9.68. The molecule has 2 heterocycles. The number of carbonyl (C=O) groups excluding carboxylic acids is 2. The largest absolute Gasteiger partial charge is 0.490 e. The van der Waals surface area contributed by atoms with Gasteiger partial charge in [-0.1, -0.05) is 36.7 Å². The summed E-state index contributed by atoms with van der Waals surface area (Å²) < 4.78 is 39.6. The van der Waals surface area contributed by atoms with Gasteiger partial charge in [0.2, 0.25) is 0 Å². The number of ether oxygens (including phenoxy) is 3. The second-order valence-electron chi connectivity index (χ2n) is 15.9. The zero-order chi connectivity index (χ0) is 36.5. The van der Waals surface area contributed by atoms with Crippen LogP contribution < -0.4 is 19.7 Å². The van der Waals surface area contributed by atoms with Gasteiger partial charge >= 0.3 is 6.03 Å². The number of allylic oxidation sites excluding steroid dienone is 1. The summed E-state index contributed by atoms with van der Waals surface area (Å²) >= 11 is 6.47. The van der Waals surface area contributed by atoms with Gasteiger partial charge in [0.25, 0.3) is 5.91 Å². The van der Waals surface area contributed by atoms with E-state index in [1.807, 2.05) is 25.1 Å². The summed E-state index contributed by atoms with van der Waals surface area (Å²) in [5.41, 5.74) is 3.02. The summed E-state index contributed by atoms with van der Waals surface area (Å²) in [5, 5.41) is 3.80. The highest BCUT2D eigenvalue weighted by Gasteiger charge is 2.45. The molecule has 2 aromatic rings. The summed E-state index contributed by atoms with van der Waals surface area (Å²) in [6.07, 6.45) is 13.2. The van der Waals surface area contributed by atoms with Gasteiger partial charge in [-0.3, -0.25) is 9.52 Å². The van der Waals surface area contributed by atoms with Crippen molar-refractivity contribution in [2.24, 2.45) is 22.1 Å². The summed E-state index contributed by atoms with van der Waals surface area (Å²) in [7, 11) is -0.0984. The topological polar surface area (TPSA) is 119 Å². The van der Waals surface area contributed by atoms with Crippen molar-refractivity contribution in [1.82, 2.24) is 10.0 Å². The first-order valence-electron chi connectivity index (χ1n) is 18.9. The zero-order valence-electron chi connectivity index (χ0n) is 30.7. The van der Waals surface area contributed by atoms with Crippen LogP contribution in [-0.2, 0) is 31.2 Å². The molecule has 2 N–H and O–H groups in total. The second kappa shape index (κ2) is 15.3. The molecule has 6 atom stereocenters. The fourth-order valence-electron chi connectivity index (χ4n) is 9.12. The van der Waals surface area contributed by atoms with Crippen molar-refractivity contribution < 1.29 is 28.0 Å². The van der Waals surface area contributed by atoms with Gasteiger partial charge in [0.05, 0.1) is 24.2 Å². The van der Waals surface area contributed by atoms with Crippen LogP contribution in [0.1, 0.15) is 86.2 Å². The van der Waals surface area contributed by atoms with Crippen LogP contribution in [0.15, 0.2) is 52.9 Å². The number of rotatable bonds is 6. The quantitative estimate of drug-likeness (QED) is 0.299. The van der Waals surface area contributed by atoms with Gasteiger partial charge in [0.1, 0.15) is 15.7 Å². The molecule has 2 aromatic carbocycles. The third-order valence-corrected chi connectivity index (χ3v) is 14.5. The third-order valence-electron chi connectivity index (χ3n) is 12.2. The van der Waals surface area contributed by atoms with Crippen LogP contribution in [0.3, 0.4) is 0 Å². The maximum atomic E-state index is 14.6. The van der Waals surface area contributed by atoms with Crippen molar-refractivity contribution in [2.45, 2.75) is 88.2 Å². The Hall–Kier alpha value is -3.12. The van der Waals surface area contributed by atoms with E-state index >= 15 is 0 Å². The second-order valence-corrected chi connectivity index (χ2v) is 18.3. The van der Waals surface area contributed by atoms with Crippen molar-refractivity contribution in [3.8, 4) is 5.75 Å². The average Bonchev–Trinajstić information content (AvgIpc) is 3.23. The number of urea groups is 1. The minimum Gasteiger partial charge on any atom is -0.490 e. The Morgan fingerprint density at radius 1 is 1.13 bits per heavy atom. The Morgan fingerprint density at radius 2 is 1.98 bits per heavy atom. The molecule has 2 fully saturated rings. The highest BCUT2D eigenvalue weighted by Crippen LogP contribution is 2.47. The lowest BCUT2D eigenvalue weighted by Gasteiger charge is -2.46. The summed E-state index contributed by atoms with van der Waals surface area (Å²) in [6.45, 7) is 4.50. The van der Waals surface area contributed by atoms with Crippen LogP contribution in [0.4, 0.5) is 10.5 Å². The molecule has 3 amide bonds. The molecular formula is C40H53ClN4O6S. The Balaban J connectivity index is 1.26. The van der Waals surface area contributed by atoms with Crippen molar-refractivity contribution >= 4 is 39.1 Å². The highest BCUT2D eigenvalue weighted by atomic mass is 35.5. The summed E-state index contributed by atoms with van der Waals surface area (Å²) in [5.74, 6) is 0.718. The van der Waals surface area contributed by atoms with Gasteiger partial charge in [-0.05, 0) is 123 Å². The molecule has 0 radical (unpaired) electrons. The normalized spacial score (nSPS) is 31.7. The SMILES string of the molecule is COCCC1(NC(=O)N[S@@]2(=O)=NC(=O)c3ccc4c(c3)N(C[C@@H]3CC[C@H]3[C@@H](OC)/C=C/C[C@H](C)C2)C[C@@]2(CCCc3cc(Cl)ccc32)CO4)CCC1. The fraction of sp³-hybridized carbons (Fsp3) is 0.600. The molecule has 2 bridgehead atoms. The van der Waals surface area contributed by atoms with Crippen LogP contribution in [0.2, 0.25) is 5.02 Å². The minimum atomic E-state index is -3.51. The van der Waals surface area contributed by atoms with Crippen LogP contribution in [0.5, 0.6) is 5.75 Å². The molecule has 2 aliphatic heterocycles. The van der Waals surface area contributed by atoms with Crippen molar-refractivity contribution in [3.05, 3.63) is 70.3 Å². The van der Waals surface area contributed by atoms with Crippen molar-refractivity contribution in [3.63, 3.8) is 0 Å². The number of nitrogens with one attached hydrogen (secondary N) is 2. The molecule has 7 rings (SSSR count). The minimum absolute atomic E-state index is 0.0252. The number of fused-ring (bicyclic) bond motifs is 4. The van der Waals surface area contributed by atoms with Gasteiger partial charge in [-0.2, -0.15) is 0 Å². The van der Waals surface area contributed by atoms with E-state index < -0.39 is 27.4 Å². The smallest absolute Gasteiger partial charge is 0.327 e. The number of nitrogens with zero attached hydrogens (tertiary/aromatic N) is 2. The lowest BCUT2D eigenvalue weighted by Crippen LogP contribution is -2.57. The average molecular weight is 753 g/mol. The maximum Gasteiger partial charge on any atom is 0.327 e. The molecule has 0 aromatic heterocycles. The Kier molecular flexibility index (Phi) is 11.0. The Morgan fingerprint density at radius 3 is 2.71 bits per heavy atom. The Labute approximate surface area is 313 Å². The van der Waals surface area contributed by atoms with Crippen LogP contribution in [0, 0.1) is 17.8 Å². The third kappa shape index (κ3) is 7.74. The van der Waals surface area contributed by atoms with Gasteiger partial charge < -0.3 is 24.4 Å². The molecule has 12 heteroatoms. The first-order valence-corrected chi connectivity index (χ1v) is 21.0. The first kappa shape index (κ1) is 37.2. The number of amides is 3. The predicted octanol–water partition coefficient (Wildman–Crippen LogP) is 7.23. The zero-order valence-corrected chi connectivity index (χ0v) is 32.2. The maximum absolute atomic E-state index is 14.6. The molecule has 52 heavy (non-hydrogen) atoms. The molecule has 282 valence electrons. The van der Waals surface area contributed by atoms with Crippen LogP contribution >= 0.6 is 11.6 Å². The van der Waals surface area contributed by atoms with Gasteiger partial charge in [-0.25, -0.2) is 9.00 Å². The number of methoxy groups -OCH3 is 2. The molecule has 2 saturated carbocycles. The molecule has 1 spiro atoms. The van der Waals surface area contributed by atoms with E-state index in [0.717, 1.165) is 75.2 Å². The van der Waals surface area contributed by atoms with Gasteiger partial charge in [-0.15, -0.1) is 4.36 Å².